The monoisotopic (exact) mass is 548 g/mol. The number of nitrogens with one attached hydrogen (secondary N) is 1. The van der Waals surface area contributed by atoms with Gasteiger partial charge >= 0.3 is 0 Å². The Kier molecular flexibility index (Phi) is 10.7. The van der Waals surface area contributed by atoms with Gasteiger partial charge in [-0.05, 0) is 48.6 Å². The molecule has 0 bridgehead atoms. The van der Waals surface area contributed by atoms with E-state index < -0.39 is 6.04 Å². The molecule has 3 aromatic carbocycles. The first kappa shape index (κ1) is 28.3. The molecule has 1 unspecified atom stereocenters. The molecule has 1 atom stereocenters. The van der Waals surface area contributed by atoms with Gasteiger partial charge < -0.3 is 10.2 Å². The molecule has 1 aliphatic rings. The first-order chi connectivity index (χ1) is 18.5. The predicted octanol–water partition coefficient (Wildman–Crippen LogP) is 6.97. The van der Waals surface area contributed by atoms with E-state index in [4.69, 9.17) is 11.6 Å². The lowest BCUT2D eigenvalue weighted by molar-refractivity contribution is -0.139. The van der Waals surface area contributed by atoms with Crippen molar-refractivity contribution in [3.8, 4) is 0 Å². The zero-order chi connectivity index (χ0) is 26.7. The number of benzene rings is 3. The highest BCUT2D eigenvalue weighted by atomic mass is 35.5. The van der Waals surface area contributed by atoms with Crippen LogP contribution in [0.3, 0.4) is 0 Å². The first-order valence-electron chi connectivity index (χ1n) is 13.5. The molecule has 4 nitrogen and oxygen atoms in total. The van der Waals surface area contributed by atoms with Crippen LogP contribution in [0.2, 0.25) is 5.02 Å². The van der Waals surface area contributed by atoms with Crippen LogP contribution in [0.15, 0.2) is 78.9 Å². The Labute approximate surface area is 236 Å². The van der Waals surface area contributed by atoms with Crippen LogP contribution in [0.1, 0.15) is 54.4 Å². The summed E-state index contributed by atoms with van der Waals surface area (Å²) in [6.07, 6.45) is 5.95. The number of aryl methyl sites for hydroxylation is 1. The fourth-order valence-electron chi connectivity index (χ4n) is 5.07. The number of hydrogen-bond acceptors (Lipinski definition) is 3. The van der Waals surface area contributed by atoms with E-state index in [1.807, 2.05) is 60.7 Å². The molecule has 1 aliphatic carbocycles. The van der Waals surface area contributed by atoms with Crippen LogP contribution in [0.25, 0.3) is 0 Å². The van der Waals surface area contributed by atoms with E-state index in [0.717, 1.165) is 42.6 Å². The molecule has 6 heteroatoms. The molecule has 200 valence electrons. The molecule has 3 aromatic rings. The van der Waals surface area contributed by atoms with E-state index in [1.54, 1.807) is 16.7 Å². The van der Waals surface area contributed by atoms with Gasteiger partial charge in [0.05, 0.1) is 5.75 Å². The first-order valence-corrected chi connectivity index (χ1v) is 15.0. The normalized spacial score (nSPS) is 14.6. The van der Waals surface area contributed by atoms with Gasteiger partial charge in [0.25, 0.3) is 0 Å². The minimum Gasteiger partial charge on any atom is -0.352 e. The molecule has 0 radical (unpaired) electrons. The van der Waals surface area contributed by atoms with Crippen molar-refractivity contribution in [2.45, 2.75) is 69.8 Å². The summed E-state index contributed by atoms with van der Waals surface area (Å²) in [4.78, 5) is 29.4. The third-order valence-electron chi connectivity index (χ3n) is 7.04. The molecule has 1 fully saturated rings. The van der Waals surface area contributed by atoms with Crippen molar-refractivity contribution in [1.29, 1.82) is 0 Å². The Morgan fingerprint density at radius 2 is 1.63 bits per heavy atom. The van der Waals surface area contributed by atoms with Crippen LogP contribution >= 0.6 is 23.4 Å². The molecule has 0 aromatic heterocycles. The van der Waals surface area contributed by atoms with Crippen LogP contribution < -0.4 is 5.32 Å². The Balaban J connectivity index is 1.56. The van der Waals surface area contributed by atoms with Crippen molar-refractivity contribution in [2.24, 2.45) is 0 Å². The summed E-state index contributed by atoms with van der Waals surface area (Å²) in [7, 11) is 0. The minimum atomic E-state index is -0.606. The molecule has 0 heterocycles. The van der Waals surface area contributed by atoms with Crippen molar-refractivity contribution >= 4 is 35.2 Å². The molecular weight excluding hydrogens is 512 g/mol. The predicted molar refractivity (Wildman–Crippen MR) is 158 cm³/mol. The summed E-state index contributed by atoms with van der Waals surface area (Å²) >= 11 is 7.87. The molecular formula is C32H37ClN2O2S. The maximum Gasteiger partial charge on any atom is 0.243 e. The fourth-order valence-corrected chi connectivity index (χ4v) is 6.14. The highest BCUT2D eigenvalue weighted by molar-refractivity contribution is 7.99. The Morgan fingerprint density at radius 1 is 0.921 bits per heavy atom. The number of carbonyl (C=O) groups excluding carboxylic acids is 2. The maximum absolute atomic E-state index is 13.8. The van der Waals surface area contributed by atoms with E-state index in [0.29, 0.717) is 23.7 Å². The zero-order valence-corrected chi connectivity index (χ0v) is 23.6. The highest BCUT2D eigenvalue weighted by Gasteiger charge is 2.31. The van der Waals surface area contributed by atoms with Gasteiger partial charge in [0.1, 0.15) is 6.04 Å². The van der Waals surface area contributed by atoms with Gasteiger partial charge in [-0.15, -0.1) is 11.8 Å². The lowest BCUT2D eigenvalue weighted by Gasteiger charge is -2.33. The SMILES string of the molecule is Cc1cccc(CSCC(=O)N(Cc2cccc(Cl)c2)C(Cc2ccccc2)C(=O)NC2CCCCC2)c1. The maximum atomic E-state index is 13.8. The number of thioether (sulfide) groups is 1. The van der Waals surface area contributed by atoms with Crippen molar-refractivity contribution in [3.05, 3.63) is 106 Å². The lowest BCUT2D eigenvalue weighted by atomic mass is 9.94. The molecule has 38 heavy (non-hydrogen) atoms. The third-order valence-corrected chi connectivity index (χ3v) is 8.26. The Morgan fingerprint density at radius 3 is 2.37 bits per heavy atom. The van der Waals surface area contributed by atoms with Gasteiger partial charge in [0, 0.05) is 29.8 Å². The standard InChI is InChI=1S/C32H37ClN2O2S/c1-24-10-8-14-27(18-24)22-38-23-31(36)35(21-26-13-9-15-28(33)19-26)30(20-25-11-4-2-5-12-25)32(37)34-29-16-6-3-7-17-29/h2,4-5,8-15,18-19,29-30H,3,6-7,16-17,20-23H2,1H3,(H,34,37). The number of halogens is 1. The quantitative estimate of drug-likeness (QED) is 0.281. The number of amides is 2. The van der Waals surface area contributed by atoms with Crippen molar-refractivity contribution in [2.75, 3.05) is 5.75 Å². The van der Waals surface area contributed by atoms with E-state index in [9.17, 15) is 9.59 Å². The van der Waals surface area contributed by atoms with Crippen molar-refractivity contribution < 1.29 is 9.59 Å². The number of rotatable bonds is 11. The van der Waals surface area contributed by atoms with E-state index >= 15 is 0 Å². The van der Waals surface area contributed by atoms with Gasteiger partial charge in [-0.1, -0.05) is 103 Å². The van der Waals surface area contributed by atoms with Gasteiger partial charge in [-0.25, -0.2) is 0 Å². The summed E-state index contributed by atoms with van der Waals surface area (Å²) in [5.41, 5.74) is 4.35. The molecule has 2 amide bonds. The smallest absolute Gasteiger partial charge is 0.243 e. The fraction of sp³-hybridized carbons (Fsp3) is 0.375. The topological polar surface area (TPSA) is 49.4 Å². The summed E-state index contributed by atoms with van der Waals surface area (Å²) in [5, 5.41) is 3.91. The molecule has 0 saturated heterocycles. The van der Waals surface area contributed by atoms with Crippen LogP contribution in [-0.2, 0) is 28.3 Å². The van der Waals surface area contributed by atoms with Crippen LogP contribution in [0.5, 0.6) is 0 Å². The van der Waals surface area contributed by atoms with Crippen molar-refractivity contribution in [1.82, 2.24) is 10.2 Å². The van der Waals surface area contributed by atoms with Gasteiger partial charge in [0.2, 0.25) is 11.8 Å². The number of nitrogens with zero attached hydrogens (tertiary/aromatic N) is 1. The molecule has 0 aliphatic heterocycles. The van der Waals surface area contributed by atoms with Crippen molar-refractivity contribution in [3.63, 3.8) is 0 Å². The van der Waals surface area contributed by atoms with E-state index in [-0.39, 0.29) is 17.9 Å². The van der Waals surface area contributed by atoms with Gasteiger partial charge in [-0.2, -0.15) is 0 Å². The Hall–Kier alpha value is -2.76. The van der Waals surface area contributed by atoms with Gasteiger partial charge in [-0.3, -0.25) is 9.59 Å². The van der Waals surface area contributed by atoms with Crippen LogP contribution in [0.4, 0.5) is 0 Å². The average Bonchev–Trinajstić information content (AvgIpc) is 2.92. The summed E-state index contributed by atoms with van der Waals surface area (Å²) in [6.45, 7) is 2.41. The second-order valence-electron chi connectivity index (χ2n) is 10.2. The average molecular weight is 549 g/mol. The number of carbonyl (C=O) groups is 2. The van der Waals surface area contributed by atoms with E-state index in [2.05, 4.69) is 30.4 Å². The summed E-state index contributed by atoms with van der Waals surface area (Å²) in [5.74, 6) is 0.939. The van der Waals surface area contributed by atoms with E-state index in [1.165, 1.54) is 17.5 Å². The van der Waals surface area contributed by atoms with Gasteiger partial charge in [0.15, 0.2) is 0 Å². The van der Waals surface area contributed by atoms with Crippen LogP contribution in [0, 0.1) is 6.92 Å². The summed E-state index contributed by atoms with van der Waals surface area (Å²) < 4.78 is 0. The second-order valence-corrected chi connectivity index (χ2v) is 11.6. The molecule has 1 saturated carbocycles. The lowest BCUT2D eigenvalue weighted by Crippen LogP contribution is -2.53. The minimum absolute atomic E-state index is 0.0395. The largest absolute Gasteiger partial charge is 0.352 e. The second kappa shape index (κ2) is 14.4. The van der Waals surface area contributed by atoms with Crippen LogP contribution in [-0.4, -0.2) is 34.6 Å². The molecule has 1 N–H and O–H groups in total. The Bertz CT molecular complexity index is 1200. The summed E-state index contributed by atoms with van der Waals surface area (Å²) in [6, 6.07) is 25.5. The molecule has 0 spiro atoms. The third kappa shape index (κ3) is 8.64. The zero-order valence-electron chi connectivity index (χ0n) is 22.1. The molecule has 4 rings (SSSR count). The number of hydrogen-bond donors (Lipinski definition) is 1. The highest BCUT2D eigenvalue weighted by Crippen LogP contribution is 2.22.